The summed E-state index contributed by atoms with van der Waals surface area (Å²) < 4.78 is 5.82. The van der Waals surface area contributed by atoms with Gasteiger partial charge in [0.2, 0.25) is 11.8 Å². The van der Waals surface area contributed by atoms with Gasteiger partial charge in [-0.05, 0) is 27.1 Å². The van der Waals surface area contributed by atoms with Crippen molar-refractivity contribution in [3.05, 3.63) is 71.8 Å². The molecule has 0 saturated carbocycles. The minimum Gasteiger partial charge on any atom is -0.480 e. The van der Waals surface area contributed by atoms with Gasteiger partial charge in [0.25, 0.3) is 0 Å². The van der Waals surface area contributed by atoms with Crippen LogP contribution in [0.5, 0.6) is 0 Å². The van der Waals surface area contributed by atoms with E-state index < -0.39 is 48.6 Å². The number of aliphatic carboxylic acids is 1. The summed E-state index contributed by atoms with van der Waals surface area (Å²) in [5.41, 5.74) is 1.55. The first kappa shape index (κ1) is 27.7. The smallest absolute Gasteiger partial charge is 0.408 e. The summed E-state index contributed by atoms with van der Waals surface area (Å²) in [6.07, 6.45) is -0.761. The van der Waals surface area contributed by atoms with Gasteiger partial charge in [-0.2, -0.15) is 0 Å². The summed E-state index contributed by atoms with van der Waals surface area (Å²) in [6, 6.07) is 15.9. The molecule has 0 radical (unpaired) electrons. The van der Waals surface area contributed by atoms with Gasteiger partial charge in [0.15, 0.2) is 0 Å². The Balaban J connectivity index is 1.70. The number of alkyl carbamates (subject to hydrolysis) is 1. The normalized spacial score (nSPS) is 15.9. The average Bonchev–Trinajstić information content (AvgIpc) is 3.30. The quantitative estimate of drug-likeness (QED) is 0.302. The third-order valence-electron chi connectivity index (χ3n) is 5.35. The largest absolute Gasteiger partial charge is 0.480 e. The highest BCUT2D eigenvalue weighted by molar-refractivity contribution is 9.18. The number of halogens is 1. The Hall–Kier alpha value is -3.93. The number of carbonyl (C=O) groups is 4. The predicted octanol–water partition coefficient (Wildman–Crippen LogP) is 2.10. The molecular weight excluding hydrogens is 548 g/mol. The molecular formula is C25H27BrN4O7. The van der Waals surface area contributed by atoms with Crippen LogP contribution in [0.25, 0.3) is 0 Å². The van der Waals surface area contributed by atoms with Crippen LogP contribution in [0, 0.1) is 0 Å². The maximum Gasteiger partial charge on any atom is 0.408 e. The lowest BCUT2D eigenvalue weighted by Gasteiger charge is -2.24. The Bertz CT molecular complexity index is 1110. The van der Waals surface area contributed by atoms with Crippen molar-refractivity contribution in [2.24, 2.45) is 5.16 Å². The summed E-state index contributed by atoms with van der Waals surface area (Å²) in [4.78, 5) is 54.7. The highest BCUT2D eigenvalue weighted by Crippen LogP contribution is 2.19. The topological polar surface area (TPSA) is 155 Å². The van der Waals surface area contributed by atoms with Crippen molar-refractivity contribution in [1.82, 2.24) is 16.0 Å². The lowest BCUT2D eigenvalue weighted by atomic mass is 10.0. The second kappa shape index (κ2) is 14.0. The molecule has 0 aliphatic carbocycles. The highest BCUT2D eigenvalue weighted by Gasteiger charge is 2.32. The van der Waals surface area contributed by atoms with E-state index in [0.717, 1.165) is 11.1 Å². The van der Waals surface area contributed by atoms with E-state index in [9.17, 15) is 19.2 Å². The Morgan fingerprint density at radius 1 is 0.973 bits per heavy atom. The second-order valence-electron chi connectivity index (χ2n) is 8.26. The Kier molecular flexibility index (Phi) is 10.4. The molecule has 196 valence electrons. The van der Waals surface area contributed by atoms with Crippen LogP contribution in [0.15, 0.2) is 65.8 Å². The molecule has 2 aromatic rings. The first-order chi connectivity index (χ1) is 17.8. The first-order valence-electron chi connectivity index (χ1n) is 11.5. The van der Waals surface area contributed by atoms with E-state index >= 15 is 0 Å². The van der Waals surface area contributed by atoms with Gasteiger partial charge in [-0.15, -0.1) is 0 Å². The van der Waals surface area contributed by atoms with Gasteiger partial charge in [-0.1, -0.05) is 65.8 Å². The Morgan fingerprint density at radius 2 is 1.62 bits per heavy atom. The van der Waals surface area contributed by atoms with Crippen molar-refractivity contribution in [3.8, 4) is 0 Å². The lowest BCUT2D eigenvalue weighted by molar-refractivity contribution is -0.138. The molecule has 4 N–H and O–H groups in total. The molecule has 37 heavy (non-hydrogen) atoms. The SMILES string of the molecule is O=C(O)CNC(=O)C(CC1CC(Br)=NO1)NC(=O)[C@H](Cc1ccccc1)NC(=O)OCc1ccccc1. The van der Waals surface area contributed by atoms with Crippen LogP contribution in [0.2, 0.25) is 0 Å². The zero-order valence-corrected chi connectivity index (χ0v) is 21.3. The standard InChI is InChI=1S/C25H27BrN4O7/c26-21-13-18(37-30-21)12-20(23(33)27-14-22(31)32)28-24(34)19(11-16-7-3-1-4-8-16)29-25(35)36-15-17-9-5-2-6-10-17/h1-10,18-20H,11-15H2,(H,27,33)(H,28,34)(H,29,35)(H,31,32)/t18?,19-,20?/m0/s1. The molecule has 0 fully saturated rings. The number of carboxylic acids is 1. The number of nitrogens with zero attached hydrogens (tertiary/aromatic N) is 1. The third-order valence-corrected chi connectivity index (χ3v) is 5.81. The lowest BCUT2D eigenvalue weighted by Crippen LogP contribution is -2.55. The van der Waals surface area contributed by atoms with Gasteiger partial charge in [0.1, 0.15) is 36.0 Å². The number of oxime groups is 1. The van der Waals surface area contributed by atoms with Crippen LogP contribution in [0.4, 0.5) is 4.79 Å². The van der Waals surface area contributed by atoms with Gasteiger partial charge in [0.05, 0.1) is 0 Å². The van der Waals surface area contributed by atoms with Crippen molar-refractivity contribution >= 4 is 44.4 Å². The predicted molar refractivity (Wildman–Crippen MR) is 137 cm³/mol. The number of hydrogen-bond donors (Lipinski definition) is 4. The van der Waals surface area contributed by atoms with Gasteiger partial charge < -0.3 is 30.6 Å². The summed E-state index contributed by atoms with van der Waals surface area (Å²) in [5.74, 6) is -2.58. The molecule has 0 bridgehead atoms. The minimum atomic E-state index is -1.23. The van der Waals surface area contributed by atoms with Crippen LogP contribution >= 0.6 is 15.9 Å². The maximum absolute atomic E-state index is 13.3. The molecule has 0 aromatic heterocycles. The summed E-state index contributed by atoms with van der Waals surface area (Å²) >= 11 is 3.22. The van der Waals surface area contributed by atoms with E-state index in [2.05, 4.69) is 37.0 Å². The molecule has 1 heterocycles. The van der Waals surface area contributed by atoms with E-state index in [4.69, 9.17) is 14.7 Å². The van der Waals surface area contributed by atoms with Crippen LogP contribution in [0.3, 0.4) is 0 Å². The number of benzene rings is 2. The number of ether oxygens (including phenoxy) is 1. The van der Waals surface area contributed by atoms with Crippen molar-refractivity contribution in [2.45, 2.75) is 44.1 Å². The van der Waals surface area contributed by atoms with E-state index in [0.29, 0.717) is 11.0 Å². The number of amides is 3. The number of carboxylic acid groups (broad SMARTS) is 1. The van der Waals surface area contributed by atoms with Crippen LogP contribution in [-0.2, 0) is 37.0 Å². The number of carbonyl (C=O) groups excluding carboxylic acids is 3. The molecule has 3 atom stereocenters. The summed E-state index contributed by atoms with van der Waals surface area (Å²) in [6.45, 7) is -0.602. The van der Waals surface area contributed by atoms with Crippen molar-refractivity contribution in [1.29, 1.82) is 0 Å². The highest BCUT2D eigenvalue weighted by atomic mass is 79.9. The molecule has 3 amide bonds. The number of rotatable bonds is 12. The maximum atomic E-state index is 13.3. The minimum absolute atomic E-state index is 0.0144. The van der Waals surface area contributed by atoms with Gasteiger partial charge in [-0.3, -0.25) is 14.4 Å². The van der Waals surface area contributed by atoms with Crippen LogP contribution in [0.1, 0.15) is 24.0 Å². The van der Waals surface area contributed by atoms with Crippen molar-refractivity contribution in [3.63, 3.8) is 0 Å². The Labute approximate surface area is 221 Å². The van der Waals surface area contributed by atoms with Gasteiger partial charge in [-0.25, -0.2) is 4.79 Å². The molecule has 12 heteroatoms. The molecule has 11 nitrogen and oxygen atoms in total. The van der Waals surface area contributed by atoms with E-state index in [1.165, 1.54) is 0 Å². The average molecular weight is 575 g/mol. The second-order valence-corrected chi connectivity index (χ2v) is 9.17. The fourth-order valence-corrected chi connectivity index (χ4v) is 3.98. The van der Waals surface area contributed by atoms with E-state index in [1.807, 2.05) is 24.3 Å². The monoisotopic (exact) mass is 574 g/mol. The molecule has 2 aromatic carbocycles. The van der Waals surface area contributed by atoms with E-state index in [1.54, 1.807) is 36.4 Å². The fourth-order valence-electron chi connectivity index (χ4n) is 3.54. The molecule has 0 spiro atoms. The zero-order valence-electron chi connectivity index (χ0n) is 19.8. The molecule has 1 aliphatic rings. The van der Waals surface area contributed by atoms with Crippen molar-refractivity contribution in [2.75, 3.05) is 6.54 Å². The van der Waals surface area contributed by atoms with Crippen LogP contribution < -0.4 is 16.0 Å². The number of hydrogen-bond acceptors (Lipinski definition) is 7. The fraction of sp³-hybridized carbons (Fsp3) is 0.320. The molecule has 3 rings (SSSR count). The Morgan fingerprint density at radius 3 is 2.22 bits per heavy atom. The van der Waals surface area contributed by atoms with E-state index in [-0.39, 0.29) is 19.4 Å². The summed E-state index contributed by atoms with van der Waals surface area (Å²) in [5, 5.41) is 20.2. The summed E-state index contributed by atoms with van der Waals surface area (Å²) in [7, 11) is 0. The van der Waals surface area contributed by atoms with Gasteiger partial charge in [0, 0.05) is 19.3 Å². The molecule has 2 unspecified atom stereocenters. The van der Waals surface area contributed by atoms with Gasteiger partial charge >= 0.3 is 12.1 Å². The first-order valence-corrected chi connectivity index (χ1v) is 12.3. The molecule has 1 aliphatic heterocycles. The number of nitrogens with one attached hydrogen (secondary N) is 3. The molecule has 0 saturated heterocycles. The third kappa shape index (κ3) is 9.56. The van der Waals surface area contributed by atoms with Crippen molar-refractivity contribution < 1.29 is 33.9 Å². The zero-order chi connectivity index (χ0) is 26.6. The van der Waals surface area contributed by atoms with Crippen LogP contribution in [-0.4, -0.2) is 58.3 Å².